The maximum atomic E-state index is 13.3. The molecule has 1 aromatic heterocycles. The van der Waals surface area contributed by atoms with Crippen molar-refractivity contribution in [2.75, 3.05) is 33.2 Å². The molecule has 34 heavy (non-hydrogen) atoms. The minimum absolute atomic E-state index is 0.0254. The molecule has 0 atom stereocenters. The van der Waals surface area contributed by atoms with E-state index in [9.17, 15) is 10.0 Å². The highest BCUT2D eigenvalue weighted by atomic mass is 79.9. The first-order valence-corrected chi connectivity index (χ1v) is 13.0. The van der Waals surface area contributed by atoms with E-state index in [-0.39, 0.29) is 11.4 Å². The summed E-state index contributed by atoms with van der Waals surface area (Å²) in [5, 5.41) is 10.0. The predicted molar refractivity (Wildman–Crippen MR) is 138 cm³/mol. The molecule has 4 rings (SSSR count). The third kappa shape index (κ3) is 4.91. The van der Waals surface area contributed by atoms with Gasteiger partial charge < -0.3 is 4.90 Å². The lowest BCUT2D eigenvalue weighted by atomic mass is 9.82. The largest absolute Gasteiger partial charge is 0.338 e. The van der Waals surface area contributed by atoms with Crippen molar-refractivity contribution in [3.8, 4) is 0 Å². The molecule has 0 radical (unpaired) electrons. The molecule has 1 N–H and O–H groups in total. The van der Waals surface area contributed by atoms with Crippen LogP contribution in [0.15, 0.2) is 46.0 Å². The SMILES string of the molecule is CN=C(c1ccc(Br)cc1)C1CCN(C2(C)CCN(C(=O)c3c(C)cc[n+](O)c3C)CC2)CC1. The van der Waals surface area contributed by atoms with Crippen LogP contribution in [0.4, 0.5) is 0 Å². The Kier molecular flexibility index (Phi) is 7.43. The highest BCUT2D eigenvalue weighted by Gasteiger charge is 2.40. The van der Waals surface area contributed by atoms with Crippen molar-refractivity contribution in [1.29, 1.82) is 0 Å². The van der Waals surface area contributed by atoms with Crippen LogP contribution in [-0.2, 0) is 0 Å². The van der Waals surface area contributed by atoms with E-state index < -0.39 is 0 Å². The highest BCUT2D eigenvalue weighted by Crippen LogP contribution is 2.34. The number of aromatic nitrogens is 1. The van der Waals surface area contributed by atoms with Gasteiger partial charge in [-0.15, -0.1) is 0 Å². The summed E-state index contributed by atoms with van der Waals surface area (Å²) in [6.45, 7) is 9.70. The quantitative estimate of drug-likeness (QED) is 0.363. The lowest BCUT2D eigenvalue weighted by molar-refractivity contribution is -0.908. The summed E-state index contributed by atoms with van der Waals surface area (Å²) in [6.07, 6.45) is 5.74. The minimum Gasteiger partial charge on any atom is -0.338 e. The number of carbonyl (C=O) groups is 1. The second-order valence-corrected chi connectivity index (χ2v) is 10.9. The number of aryl methyl sites for hydroxylation is 1. The summed E-state index contributed by atoms with van der Waals surface area (Å²) in [6, 6.07) is 10.3. The van der Waals surface area contributed by atoms with Gasteiger partial charge in [-0.25, -0.2) is 0 Å². The number of hydrogen-bond donors (Lipinski definition) is 1. The predicted octanol–water partition coefficient (Wildman–Crippen LogP) is 4.42. The summed E-state index contributed by atoms with van der Waals surface area (Å²) in [5.74, 6) is 0.513. The van der Waals surface area contributed by atoms with Gasteiger partial charge in [-0.2, -0.15) is 0 Å². The van der Waals surface area contributed by atoms with Crippen molar-refractivity contribution in [1.82, 2.24) is 9.80 Å². The van der Waals surface area contributed by atoms with Crippen molar-refractivity contribution >= 4 is 27.5 Å². The number of hydrogen-bond acceptors (Lipinski definition) is 4. The number of amides is 1. The summed E-state index contributed by atoms with van der Waals surface area (Å²) in [5.41, 5.74) is 4.67. The lowest BCUT2D eigenvalue weighted by Gasteiger charge is -2.49. The van der Waals surface area contributed by atoms with Crippen molar-refractivity contribution in [3.05, 3.63) is 63.4 Å². The van der Waals surface area contributed by atoms with Gasteiger partial charge in [-0.05, 0) is 75.9 Å². The second-order valence-electron chi connectivity index (χ2n) is 9.97. The Labute approximate surface area is 211 Å². The number of rotatable bonds is 4. The van der Waals surface area contributed by atoms with E-state index >= 15 is 0 Å². The van der Waals surface area contributed by atoms with E-state index in [0.717, 1.165) is 66.6 Å². The van der Waals surface area contributed by atoms with E-state index in [4.69, 9.17) is 0 Å². The molecule has 3 heterocycles. The topological polar surface area (TPSA) is 60.0 Å². The average molecular weight is 529 g/mol. The van der Waals surface area contributed by atoms with Crippen molar-refractivity contribution in [2.45, 2.75) is 52.0 Å². The maximum Gasteiger partial charge on any atom is 0.260 e. The van der Waals surface area contributed by atoms with E-state index in [1.165, 1.54) is 11.3 Å². The fourth-order valence-electron chi connectivity index (χ4n) is 5.63. The van der Waals surface area contributed by atoms with Crippen LogP contribution in [0.3, 0.4) is 0 Å². The first-order chi connectivity index (χ1) is 16.2. The Morgan fingerprint density at radius 2 is 1.71 bits per heavy atom. The Balaban J connectivity index is 1.37. The average Bonchev–Trinajstić information content (AvgIpc) is 2.84. The summed E-state index contributed by atoms with van der Waals surface area (Å²) in [7, 11) is 1.91. The van der Waals surface area contributed by atoms with E-state index in [1.54, 1.807) is 19.2 Å². The number of likely N-dealkylation sites (tertiary alicyclic amines) is 2. The summed E-state index contributed by atoms with van der Waals surface area (Å²) >= 11 is 3.52. The van der Waals surface area contributed by atoms with Gasteiger partial charge in [-0.3, -0.25) is 19.9 Å². The van der Waals surface area contributed by atoms with E-state index in [1.807, 2.05) is 18.9 Å². The lowest BCUT2D eigenvalue weighted by Crippen LogP contribution is -2.57. The van der Waals surface area contributed by atoms with Gasteiger partial charge in [-0.1, -0.05) is 28.1 Å². The van der Waals surface area contributed by atoms with E-state index in [0.29, 0.717) is 17.2 Å². The zero-order valence-corrected chi connectivity index (χ0v) is 22.3. The molecule has 7 heteroatoms. The van der Waals surface area contributed by atoms with Gasteiger partial charge in [0.05, 0.1) is 0 Å². The van der Waals surface area contributed by atoms with Crippen LogP contribution in [0.25, 0.3) is 0 Å². The molecule has 1 aromatic carbocycles. The molecule has 182 valence electrons. The van der Waals surface area contributed by atoms with Crippen LogP contribution in [0.1, 0.15) is 59.8 Å². The molecule has 6 nitrogen and oxygen atoms in total. The van der Waals surface area contributed by atoms with Gasteiger partial charge in [0.2, 0.25) is 11.9 Å². The molecule has 0 aliphatic carbocycles. The Bertz CT molecular complexity index is 1070. The zero-order chi connectivity index (χ0) is 24.5. The van der Waals surface area contributed by atoms with Crippen molar-refractivity contribution in [2.24, 2.45) is 10.9 Å². The summed E-state index contributed by atoms with van der Waals surface area (Å²) < 4.78 is 2.13. The van der Waals surface area contributed by atoms with E-state index in [2.05, 4.69) is 57.0 Å². The molecule has 0 unspecified atom stereocenters. The number of halogens is 1. The van der Waals surface area contributed by atoms with Crippen LogP contribution >= 0.6 is 15.9 Å². The number of aliphatic imine (C=N–C) groups is 1. The smallest absolute Gasteiger partial charge is 0.260 e. The third-order valence-electron chi connectivity index (χ3n) is 7.93. The Morgan fingerprint density at radius 3 is 2.29 bits per heavy atom. The van der Waals surface area contributed by atoms with Crippen LogP contribution < -0.4 is 4.73 Å². The molecular weight excluding hydrogens is 492 g/mol. The van der Waals surface area contributed by atoms with Crippen LogP contribution in [0, 0.1) is 19.8 Å². The molecular formula is C27H36BrN4O2+. The van der Waals surface area contributed by atoms with Gasteiger partial charge >= 0.3 is 0 Å². The fraction of sp³-hybridized carbons (Fsp3) is 0.519. The molecule has 2 aromatic rings. The molecule has 2 saturated heterocycles. The van der Waals surface area contributed by atoms with Gasteiger partial charge in [0.15, 0.2) is 0 Å². The molecule has 1 amide bonds. The van der Waals surface area contributed by atoms with Gasteiger partial charge in [0, 0.05) is 59.5 Å². The monoisotopic (exact) mass is 527 g/mol. The first kappa shape index (κ1) is 24.9. The van der Waals surface area contributed by atoms with Crippen molar-refractivity contribution < 1.29 is 14.7 Å². The molecule has 2 fully saturated rings. The third-order valence-corrected chi connectivity index (χ3v) is 8.46. The highest BCUT2D eigenvalue weighted by molar-refractivity contribution is 9.10. The molecule has 0 saturated carbocycles. The van der Waals surface area contributed by atoms with Crippen molar-refractivity contribution in [3.63, 3.8) is 0 Å². The number of piperidine rings is 2. The number of benzene rings is 1. The van der Waals surface area contributed by atoms with Gasteiger partial charge in [0.25, 0.3) is 5.91 Å². The number of carbonyl (C=O) groups excluding carboxylic acids is 1. The minimum atomic E-state index is 0.0254. The molecule has 2 aliphatic rings. The number of pyridine rings is 1. The summed E-state index contributed by atoms with van der Waals surface area (Å²) in [4.78, 5) is 22.5. The van der Waals surface area contributed by atoms with Gasteiger partial charge in [0.1, 0.15) is 5.56 Å². The van der Waals surface area contributed by atoms with Crippen LogP contribution in [-0.4, -0.2) is 65.4 Å². The van der Waals surface area contributed by atoms with Crippen LogP contribution in [0.2, 0.25) is 0 Å². The molecule has 0 bridgehead atoms. The second kappa shape index (κ2) is 10.2. The number of nitrogens with zero attached hydrogens (tertiary/aromatic N) is 4. The molecule has 0 spiro atoms. The Hall–Kier alpha value is -2.25. The normalized spacial score (nSPS) is 19.9. The standard InChI is InChI=1S/C27H36BrN4O2/c1-19-9-16-32(34)20(2)24(19)26(33)30-17-12-27(3,13-18-30)31-14-10-22(11-15-31)25(29-4)21-5-7-23(28)8-6-21/h5-9,16,22,34H,10-15,17-18H2,1-4H3/q+1. The van der Waals surface area contributed by atoms with Crippen LogP contribution in [0.5, 0.6) is 0 Å². The zero-order valence-electron chi connectivity index (χ0n) is 20.7. The molecule has 2 aliphatic heterocycles. The maximum absolute atomic E-state index is 13.3. The first-order valence-electron chi connectivity index (χ1n) is 12.2. The fourth-order valence-corrected chi connectivity index (χ4v) is 5.89. The Morgan fingerprint density at radius 1 is 1.09 bits per heavy atom.